The third-order valence-electron chi connectivity index (χ3n) is 3.78. The molecule has 1 heterocycles. The zero-order chi connectivity index (χ0) is 17.0. The van der Waals surface area contributed by atoms with Crippen LogP contribution in [-0.2, 0) is 16.6 Å². The fourth-order valence-corrected chi connectivity index (χ4v) is 2.86. The van der Waals surface area contributed by atoms with Gasteiger partial charge in [-0.1, -0.05) is 49.6 Å². The Hall–Kier alpha value is -2.59. The van der Waals surface area contributed by atoms with Crippen LogP contribution in [0.1, 0.15) is 29.8 Å². The fraction of sp³-hybridized carbons (Fsp3) is 0.211. The van der Waals surface area contributed by atoms with Gasteiger partial charge in [0.1, 0.15) is 0 Å². The Morgan fingerprint density at radius 3 is 2.43 bits per heavy atom. The lowest BCUT2D eigenvalue weighted by molar-refractivity contribution is -0.150. The third-order valence-corrected chi connectivity index (χ3v) is 3.78. The molecule has 0 aliphatic rings. The molecule has 0 aliphatic heterocycles. The normalized spacial score (nSPS) is 11.9. The monoisotopic (exact) mass is 311 g/mol. The molecule has 0 amide bonds. The van der Waals surface area contributed by atoms with E-state index in [1.54, 1.807) is 19.1 Å². The molecule has 0 spiro atoms. The minimum atomic E-state index is -1.05. The summed E-state index contributed by atoms with van der Waals surface area (Å²) >= 11 is 0. The molecule has 2 rings (SSSR count). The summed E-state index contributed by atoms with van der Waals surface area (Å²) in [6.45, 7) is 9.77. The first-order valence-electron chi connectivity index (χ1n) is 7.44. The molecule has 1 N–H and O–H groups in total. The molecule has 0 saturated carbocycles. The Bertz CT molecular complexity index is 729. The Labute approximate surface area is 136 Å². The fourth-order valence-electron chi connectivity index (χ4n) is 2.86. The minimum Gasteiger partial charge on any atom is -0.479 e. The van der Waals surface area contributed by atoms with Gasteiger partial charge in [0.05, 0.1) is 5.69 Å². The van der Waals surface area contributed by atoms with E-state index in [9.17, 15) is 9.90 Å². The first-order chi connectivity index (χ1) is 11.1. The van der Waals surface area contributed by atoms with Gasteiger partial charge < -0.3 is 14.4 Å². The Morgan fingerprint density at radius 1 is 1.30 bits per heavy atom. The van der Waals surface area contributed by atoms with Gasteiger partial charge in [-0.25, -0.2) is 4.79 Å². The number of nitrogens with zero attached hydrogens (tertiary/aromatic N) is 1. The molecule has 4 heteroatoms. The summed E-state index contributed by atoms with van der Waals surface area (Å²) < 4.78 is 7.45. The molecular weight excluding hydrogens is 290 g/mol. The molecule has 4 nitrogen and oxygen atoms in total. The predicted octanol–water partition coefficient (Wildman–Crippen LogP) is 4.14. The molecule has 1 unspecified atom stereocenters. The maximum absolute atomic E-state index is 11.8. The number of hydrogen-bond donors (Lipinski definition) is 1. The number of hydrogen-bond acceptors (Lipinski definition) is 2. The van der Waals surface area contributed by atoms with Crippen molar-refractivity contribution in [2.45, 2.75) is 13.0 Å². The van der Waals surface area contributed by atoms with E-state index >= 15 is 0 Å². The van der Waals surface area contributed by atoms with Crippen LogP contribution in [0.15, 0.2) is 43.5 Å². The van der Waals surface area contributed by atoms with Crippen molar-refractivity contribution >= 4 is 18.1 Å². The van der Waals surface area contributed by atoms with Crippen LogP contribution in [0.4, 0.5) is 0 Å². The third kappa shape index (κ3) is 2.98. The highest BCUT2D eigenvalue weighted by atomic mass is 16.5. The topological polar surface area (TPSA) is 51.5 Å². The lowest BCUT2D eigenvalue weighted by Gasteiger charge is -2.16. The van der Waals surface area contributed by atoms with Gasteiger partial charge in [0.25, 0.3) is 0 Å². The van der Waals surface area contributed by atoms with Crippen LogP contribution >= 0.6 is 0 Å². The molecule has 1 atom stereocenters. The molecule has 1 aromatic carbocycles. The van der Waals surface area contributed by atoms with E-state index in [0.29, 0.717) is 12.2 Å². The zero-order valence-corrected chi connectivity index (χ0v) is 13.5. The van der Waals surface area contributed by atoms with Crippen LogP contribution in [0.3, 0.4) is 0 Å². The number of rotatable bonds is 7. The second kappa shape index (κ2) is 7.11. The van der Waals surface area contributed by atoms with Crippen molar-refractivity contribution in [1.82, 2.24) is 4.57 Å². The van der Waals surface area contributed by atoms with E-state index in [-0.39, 0.29) is 0 Å². The van der Waals surface area contributed by atoms with Crippen molar-refractivity contribution in [1.29, 1.82) is 0 Å². The van der Waals surface area contributed by atoms with Gasteiger partial charge in [-0.3, -0.25) is 0 Å². The second-order valence-electron chi connectivity index (χ2n) is 5.07. The van der Waals surface area contributed by atoms with Gasteiger partial charge in [-0.15, -0.1) is 0 Å². The highest BCUT2D eigenvalue weighted by molar-refractivity contribution is 5.85. The predicted molar refractivity (Wildman–Crippen MR) is 93.0 cm³/mol. The van der Waals surface area contributed by atoms with Gasteiger partial charge in [-0.05, 0) is 18.6 Å². The number of ether oxygens (including phenoxy) is 1. The van der Waals surface area contributed by atoms with E-state index < -0.39 is 12.1 Å². The summed E-state index contributed by atoms with van der Waals surface area (Å²) in [6, 6.07) is 9.66. The van der Waals surface area contributed by atoms with Gasteiger partial charge >= 0.3 is 5.97 Å². The molecule has 120 valence electrons. The van der Waals surface area contributed by atoms with E-state index in [2.05, 4.69) is 13.2 Å². The maximum Gasteiger partial charge on any atom is 0.337 e. The quantitative estimate of drug-likeness (QED) is 0.836. The van der Waals surface area contributed by atoms with Crippen molar-refractivity contribution in [3.05, 3.63) is 60.3 Å². The van der Waals surface area contributed by atoms with Crippen LogP contribution in [0.5, 0.6) is 0 Å². The van der Waals surface area contributed by atoms with Gasteiger partial charge in [0.2, 0.25) is 0 Å². The Kier molecular flexibility index (Phi) is 5.19. The molecule has 0 aliphatic carbocycles. The van der Waals surface area contributed by atoms with Crippen LogP contribution in [0.25, 0.3) is 23.4 Å². The van der Waals surface area contributed by atoms with Crippen LogP contribution in [0, 0.1) is 0 Å². The number of carbonyl (C=O) groups is 1. The summed E-state index contributed by atoms with van der Waals surface area (Å²) in [6.07, 6.45) is 2.31. The van der Waals surface area contributed by atoms with Gasteiger partial charge in [0, 0.05) is 30.5 Å². The highest BCUT2D eigenvalue weighted by Crippen LogP contribution is 2.38. The standard InChI is InChI=1S/C19H21NO3/c1-5-14-15(6-2)20(4)17(13-11-9-8-10-12-13)16(14)18(19(21)22)23-7-3/h5-6,8-12,18H,1-2,7H2,3-4H3,(H,21,22). The molecule has 0 radical (unpaired) electrons. The Balaban J connectivity index is 2.84. The summed E-state index contributed by atoms with van der Waals surface area (Å²) in [7, 11) is 1.89. The maximum atomic E-state index is 11.8. The summed E-state index contributed by atoms with van der Waals surface area (Å²) in [5, 5.41) is 9.63. The SMILES string of the molecule is C=Cc1c(C(OCC)C(=O)O)c(-c2ccccc2)n(C)c1C=C. The molecule has 0 bridgehead atoms. The van der Waals surface area contributed by atoms with E-state index in [1.807, 2.05) is 41.9 Å². The Morgan fingerprint density at radius 2 is 1.96 bits per heavy atom. The van der Waals surface area contributed by atoms with Crippen molar-refractivity contribution in [3.63, 3.8) is 0 Å². The van der Waals surface area contributed by atoms with Crippen LogP contribution < -0.4 is 0 Å². The van der Waals surface area contributed by atoms with Crippen molar-refractivity contribution in [3.8, 4) is 11.3 Å². The lowest BCUT2D eigenvalue weighted by Crippen LogP contribution is -2.16. The number of aliphatic carboxylic acids is 1. The van der Waals surface area contributed by atoms with E-state index in [1.165, 1.54) is 0 Å². The zero-order valence-electron chi connectivity index (χ0n) is 13.5. The highest BCUT2D eigenvalue weighted by Gasteiger charge is 2.30. The molecule has 23 heavy (non-hydrogen) atoms. The molecule has 0 fully saturated rings. The summed E-state index contributed by atoms with van der Waals surface area (Å²) in [5.74, 6) is -1.02. The smallest absolute Gasteiger partial charge is 0.337 e. The molecule has 2 aromatic rings. The number of carboxylic acids is 1. The van der Waals surface area contributed by atoms with E-state index in [4.69, 9.17) is 4.74 Å². The lowest BCUT2D eigenvalue weighted by atomic mass is 9.98. The van der Waals surface area contributed by atoms with Crippen molar-refractivity contribution in [2.24, 2.45) is 7.05 Å². The molecule has 0 saturated heterocycles. The number of carboxylic acid groups (broad SMARTS) is 1. The number of benzene rings is 1. The van der Waals surface area contributed by atoms with E-state index in [0.717, 1.165) is 22.5 Å². The van der Waals surface area contributed by atoms with Gasteiger partial charge in [-0.2, -0.15) is 0 Å². The first kappa shape index (κ1) is 16.8. The number of aromatic nitrogens is 1. The average Bonchev–Trinajstić information content (AvgIpc) is 2.84. The van der Waals surface area contributed by atoms with Crippen LogP contribution in [0.2, 0.25) is 0 Å². The average molecular weight is 311 g/mol. The summed E-state index contributed by atoms with van der Waals surface area (Å²) in [4.78, 5) is 11.8. The van der Waals surface area contributed by atoms with Gasteiger partial charge in [0.15, 0.2) is 6.10 Å². The van der Waals surface area contributed by atoms with Crippen molar-refractivity contribution in [2.75, 3.05) is 6.61 Å². The summed E-state index contributed by atoms with van der Waals surface area (Å²) in [5.41, 5.74) is 3.89. The second-order valence-corrected chi connectivity index (χ2v) is 5.07. The first-order valence-corrected chi connectivity index (χ1v) is 7.44. The van der Waals surface area contributed by atoms with Crippen molar-refractivity contribution < 1.29 is 14.6 Å². The van der Waals surface area contributed by atoms with Crippen LogP contribution in [-0.4, -0.2) is 22.2 Å². The largest absolute Gasteiger partial charge is 0.479 e. The minimum absolute atomic E-state index is 0.306. The molecule has 1 aromatic heterocycles. The molecular formula is C19H21NO3.